The number of hydrogen-bond donors (Lipinski definition) is 16. The van der Waals surface area contributed by atoms with Crippen LogP contribution in [0.2, 0.25) is 0 Å². The van der Waals surface area contributed by atoms with E-state index in [1.54, 1.807) is 13.8 Å². The highest BCUT2D eigenvalue weighted by atomic mass is 16.4. The van der Waals surface area contributed by atoms with Crippen LogP contribution in [0.4, 0.5) is 0 Å². The van der Waals surface area contributed by atoms with Gasteiger partial charge in [0.1, 0.15) is 48.3 Å². The van der Waals surface area contributed by atoms with Crippen LogP contribution >= 0.6 is 0 Å². The maximum atomic E-state index is 13.3. The van der Waals surface area contributed by atoms with Crippen molar-refractivity contribution in [2.24, 2.45) is 11.7 Å². The Kier molecular flexibility index (Phi) is 24.2. The number of nitrogens with one attached hydrogen (secondary N) is 7. The molecular formula is C33H54N8O19. The van der Waals surface area contributed by atoms with Crippen molar-refractivity contribution in [3.63, 3.8) is 0 Å². The van der Waals surface area contributed by atoms with Gasteiger partial charge in [0.25, 0.3) is 0 Å². The smallest absolute Gasteiger partial charge is 0.326 e. The molecule has 0 rings (SSSR count). The first-order chi connectivity index (χ1) is 27.9. The van der Waals surface area contributed by atoms with Gasteiger partial charge in [-0.1, -0.05) is 20.3 Å². The molecule has 0 aromatic heterocycles. The van der Waals surface area contributed by atoms with Gasteiger partial charge in [-0.3, -0.25) is 47.9 Å². The van der Waals surface area contributed by atoms with E-state index in [1.165, 1.54) is 6.92 Å². The molecule has 0 saturated heterocycles. The lowest BCUT2D eigenvalue weighted by Crippen LogP contribution is -2.62. The summed E-state index contributed by atoms with van der Waals surface area (Å²) in [6.07, 6.45) is -4.78. The number of hydrogen-bond acceptors (Lipinski definition) is 16. The van der Waals surface area contributed by atoms with Gasteiger partial charge in [-0.2, -0.15) is 0 Å². The maximum absolute atomic E-state index is 13.3. The molecule has 0 heterocycles. The fraction of sp³-hybridized carbons (Fsp3) is 0.667. The summed E-state index contributed by atoms with van der Waals surface area (Å²) in [4.78, 5) is 136. The summed E-state index contributed by atoms with van der Waals surface area (Å²) in [6.45, 7) is 0.800. The Morgan fingerprint density at radius 2 is 0.833 bits per heavy atom. The third-order valence-electron chi connectivity index (χ3n) is 8.62. The first kappa shape index (κ1) is 54.0. The summed E-state index contributed by atoms with van der Waals surface area (Å²) >= 11 is 0. The van der Waals surface area contributed by atoms with E-state index < -0.39 is 178 Å². The molecule has 27 nitrogen and oxygen atoms in total. The molecule has 27 heteroatoms. The molecule has 17 N–H and O–H groups in total. The molecule has 0 aliphatic rings. The topological polar surface area (TPSA) is 460 Å². The largest absolute Gasteiger partial charge is 0.481 e. The average Bonchev–Trinajstić information content (AvgIpc) is 3.17. The summed E-state index contributed by atoms with van der Waals surface area (Å²) in [5.41, 5.74) is 5.65. The first-order valence-electron chi connectivity index (χ1n) is 18.2. The molecule has 0 aliphatic carbocycles. The third-order valence-corrected chi connectivity index (χ3v) is 8.62. The molecule has 0 aliphatic heterocycles. The van der Waals surface area contributed by atoms with Gasteiger partial charge in [0.05, 0.1) is 32.3 Å². The average molecular weight is 867 g/mol. The molecule has 0 radical (unpaired) electrons. The normalized spacial score (nSPS) is 15.9. The Labute approximate surface area is 341 Å². The minimum Gasteiger partial charge on any atom is -0.481 e. The van der Waals surface area contributed by atoms with Crippen LogP contribution in [0.5, 0.6) is 0 Å². The number of carboxylic acids is 4. The number of aliphatic hydroxyl groups is 4. The third kappa shape index (κ3) is 19.1. The van der Waals surface area contributed by atoms with Crippen LogP contribution in [0, 0.1) is 5.92 Å². The Hall–Kier alpha value is -6.03. The molecular weight excluding hydrogens is 812 g/mol. The highest BCUT2D eigenvalue weighted by Crippen LogP contribution is 2.11. The quantitative estimate of drug-likeness (QED) is 0.0332. The van der Waals surface area contributed by atoms with Crippen molar-refractivity contribution in [3.05, 3.63) is 0 Å². The van der Waals surface area contributed by atoms with Gasteiger partial charge in [-0.25, -0.2) is 4.79 Å². The van der Waals surface area contributed by atoms with Crippen LogP contribution in [0.3, 0.4) is 0 Å². The molecule has 0 unspecified atom stereocenters. The minimum atomic E-state index is -2.04. The van der Waals surface area contributed by atoms with Crippen molar-refractivity contribution in [1.29, 1.82) is 0 Å². The van der Waals surface area contributed by atoms with Crippen LogP contribution in [0.15, 0.2) is 0 Å². The second kappa shape index (κ2) is 26.9. The van der Waals surface area contributed by atoms with Crippen molar-refractivity contribution in [1.82, 2.24) is 37.2 Å². The van der Waals surface area contributed by atoms with E-state index in [2.05, 4.69) is 16.0 Å². The fourth-order valence-corrected chi connectivity index (χ4v) is 4.82. The number of carbonyl (C=O) groups excluding carboxylic acids is 7. The SMILES string of the molecule is CC[C@H](C)[C@H](NC(=O)[C@@H](N)[C@@H](C)O)C(=O)N[C@@H](CCC(=O)O)C(=O)N[C@@H](CO)C(=O)N[C@@H](CO)C(=O)N[C@@H](CO)C(=O)N[C@@H](CC(=O)O)C(=O)N[C@@H](CCC(=O)O)C(=O)O. The lowest BCUT2D eigenvalue weighted by molar-refractivity contribution is -0.144. The van der Waals surface area contributed by atoms with Crippen molar-refractivity contribution in [2.75, 3.05) is 19.8 Å². The number of carboxylic acid groups (broad SMARTS) is 4. The number of rotatable bonds is 29. The van der Waals surface area contributed by atoms with Gasteiger partial charge in [0, 0.05) is 12.8 Å². The summed E-state index contributed by atoms with van der Waals surface area (Å²) in [7, 11) is 0. The molecule has 0 bridgehead atoms. The predicted octanol–water partition coefficient (Wildman–Crippen LogP) is -7.60. The highest BCUT2D eigenvalue weighted by Gasteiger charge is 2.36. The van der Waals surface area contributed by atoms with E-state index in [9.17, 15) is 88.5 Å². The maximum Gasteiger partial charge on any atom is 0.326 e. The Bertz CT molecular complexity index is 1560. The van der Waals surface area contributed by atoms with Gasteiger partial charge >= 0.3 is 23.9 Å². The summed E-state index contributed by atoms with van der Waals surface area (Å²) in [5, 5.41) is 90.1. The van der Waals surface area contributed by atoms with Crippen molar-refractivity contribution in [2.45, 2.75) is 114 Å². The second-order valence-electron chi connectivity index (χ2n) is 13.4. The van der Waals surface area contributed by atoms with E-state index >= 15 is 0 Å². The van der Waals surface area contributed by atoms with Crippen molar-refractivity contribution in [3.8, 4) is 0 Å². The Morgan fingerprint density at radius 3 is 1.18 bits per heavy atom. The molecule has 340 valence electrons. The summed E-state index contributed by atoms with van der Waals surface area (Å²) in [5.74, 6) is -15.5. The lowest BCUT2D eigenvalue weighted by atomic mass is 9.97. The first-order valence-corrected chi connectivity index (χ1v) is 18.2. The molecule has 0 aromatic carbocycles. The van der Waals surface area contributed by atoms with Gasteiger partial charge in [-0.05, 0) is 25.7 Å². The lowest BCUT2D eigenvalue weighted by Gasteiger charge is -2.28. The van der Waals surface area contributed by atoms with Gasteiger partial charge in [0.15, 0.2) is 0 Å². The van der Waals surface area contributed by atoms with E-state index in [4.69, 9.17) is 10.8 Å². The second-order valence-corrected chi connectivity index (χ2v) is 13.4. The van der Waals surface area contributed by atoms with E-state index in [0.717, 1.165) is 0 Å². The van der Waals surface area contributed by atoms with E-state index in [0.29, 0.717) is 6.42 Å². The van der Waals surface area contributed by atoms with E-state index in [-0.39, 0.29) is 0 Å². The molecule has 0 fully saturated rings. The summed E-state index contributed by atoms with van der Waals surface area (Å²) in [6, 6.07) is -14.3. The zero-order valence-electron chi connectivity index (χ0n) is 32.8. The molecule has 0 spiro atoms. The zero-order chi connectivity index (χ0) is 46.4. The molecule has 60 heavy (non-hydrogen) atoms. The van der Waals surface area contributed by atoms with Crippen LogP contribution < -0.4 is 43.0 Å². The highest BCUT2D eigenvalue weighted by molar-refractivity contribution is 5.98. The zero-order valence-corrected chi connectivity index (χ0v) is 32.8. The van der Waals surface area contributed by atoms with Crippen molar-refractivity contribution >= 4 is 65.2 Å². The summed E-state index contributed by atoms with van der Waals surface area (Å²) < 4.78 is 0. The van der Waals surface area contributed by atoms with Gasteiger partial charge in [-0.15, -0.1) is 0 Å². The van der Waals surface area contributed by atoms with Gasteiger partial charge in [0.2, 0.25) is 41.4 Å². The number of nitrogens with two attached hydrogens (primary N) is 1. The van der Waals surface area contributed by atoms with E-state index in [1.807, 2.05) is 21.3 Å². The fourth-order valence-electron chi connectivity index (χ4n) is 4.82. The Morgan fingerprint density at radius 1 is 0.483 bits per heavy atom. The standard InChI is InChI=1S/C33H54N8O19/c1-4-13(2)25(41-31(57)24(34)14(3)45)32(58)35-15(5-7-21(46)47)26(52)38-19(11-43)29(55)40-20(12-44)30(56)39-18(10-42)28(54)37-17(9-23(50)51)27(53)36-16(33(59)60)6-8-22(48)49/h13-20,24-25,42-45H,4-12,34H2,1-3H3,(H,35,58)(H,36,53)(H,37,54)(H,38,52)(H,39,56)(H,40,55)(H,41,57)(H,46,47)(H,48,49)(H,50,51)(H,59,60)/t13-,14+,15-,16-,17-,18-,19-,20-,24-,25-/m0/s1. The molecule has 0 aromatic rings. The number of amides is 7. The number of aliphatic hydroxyl groups excluding tert-OH is 4. The predicted molar refractivity (Wildman–Crippen MR) is 198 cm³/mol. The van der Waals surface area contributed by atoms with Gasteiger partial charge < -0.3 is 83.8 Å². The molecule has 0 saturated carbocycles. The van der Waals surface area contributed by atoms with Crippen LogP contribution in [0.25, 0.3) is 0 Å². The minimum absolute atomic E-state index is 0.305. The Balaban J connectivity index is 6.00. The van der Waals surface area contributed by atoms with Crippen LogP contribution in [-0.2, 0) is 52.7 Å². The number of carbonyl (C=O) groups is 11. The van der Waals surface area contributed by atoms with Crippen LogP contribution in [0.1, 0.15) is 59.3 Å². The van der Waals surface area contributed by atoms with Crippen molar-refractivity contribution < 1.29 is 93.6 Å². The monoisotopic (exact) mass is 866 g/mol. The number of aliphatic carboxylic acids is 4. The molecule has 10 atom stereocenters. The molecule has 7 amide bonds. The van der Waals surface area contributed by atoms with Crippen LogP contribution in [-0.4, -0.2) is 180 Å².